The lowest BCUT2D eigenvalue weighted by molar-refractivity contribution is -0.180. The predicted molar refractivity (Wildman–Crippen MR) is 72.0 cm³/mol. The maximum absolute atomic E-state index is 12.7. The van der Waals surface area contributed by atoms with Crippen molar-refractivity contribution in [1.29, 1.82) is 0 Å². The number of aliphatic hydroxyl groups is 2. The highest BCUT2D eigenvalue weighted by molar-refractivity contribution is 6.26. The molecule has 0 saturated heterocycles. The topological polar surface area (TPSA) is 49.7 Å². The van der Waals surface area contributed by atoms with Gasteiger partial charge in [0.1, 0.15) is 0 Å². The van der Waals surface area contributed by atoms with Gasteiger partial charge in [0.15, 0.2) is 9.76 Å². The van der Waals surface area contributed by atoms with Gasteiger partial charge in [-0.15, -0.1) is 0 Å². The highest BCUT2D eigenvalue weighted by atomic mass is 28.2. The smallest absolute Gasteiger partial charge is 0.379 e. The second-order valence-corrected chi connectivity index (χ2v) is 6.37. The molecule has 1 aromatic rings. The van der Waals surface area contributed by atoms with Gasteiger partial charge in [0.25, 0.3) is 6.48 Å². The Kier molecular flexibility index (Phi) is 7.05. The summed E-state index contributed by atoms with van der Waals surface area (Å²) >= 11 is 0. The highest BCUT2D eigenvalue weighted by Gasteiger charge is 2.36. The predicted octanol–water partition coefficient (Wildman–Crippen LogP) is 2.83. The van der Waals surface area contributed by atoms with Crippen LogP contribution in [0.4, 0.5) is 26.3 Å². The molecule has 0 bridgehead atoms. The third kappa shape index (κ3) is 7.33. The molecule has 0 heterocycles. The van der Waals surface area contributed by atoms with Crippen molar-refractivity contribution < 1.29 is 41.0 Å². The normalized spacial score (nSPS) is 13.4. The molecule has 0 atom stereocenters. The lowest BCUT2D eigenvalue weighted by Crippen LogP contribution is -2.13. The first kappa shape index (κ1) is 19.9. The molecule has 1 aromatic carbocycles. The number of hydrogen-bond donors (Lipinski definition) is 2. The van der Waals surface area contributed by atoms with Crippen LogP contribution in [0.1, 0.15) is 29.5 Å². The fourth-order valence-corrected chi connectivity index (χ4v) is 2.90. The Morgan fingerprint density at radius 3 is 1.87 bits per heavy atom. The fourth-order valence-electron chi connectivity index (χ4n) is 1.96. The molecule has 0 aliphatic rings. The largest absolute Gasteiger partial charge is 0.416 e. The molecule has 3 nitrogen and oxygen atoms in total. The quantitative estimate of drug-likeness (QED) is 0.339. The number of aryl methyl sites for hydroxylation is 1. The molecule has 0 fully saturated rings. The minimum absolute atomic E-state index is 0.0306. The lowest BCUT2D eigenvalue weighted by atomic mass is 10.0. The van der Waals surface area contributed by atoms with Gasteiger partial charge >= 0.3 is 12.4 Å². The summed E-state index contributed by atoms with van der Waals surface area (Å²) in [4.78, 5) is 0. The Labute approximate surface area is 130 Å². The Hall–Kier alpha value is -1.10. The molecule has 0 aliphatic carbocycles. The van der Waals surface area contributed by atoms with E-state index in [9.17, 15) is 26.3 Å². The third-order valence-corrected chi connectivity index (χ3v) is 4.35. The number of rotatable bonds is 7. The van der Waals surface area contributed by atoms with Crippen LogP contribution in [0.5, 0.6) is 0 Å². The van der Waals surface area contributed by atoms with Crippen molar-refractivity contribution in [2.75, 3.05) is 0 Å². The van der Waals surface area contributed by atoms with Gasteiger partial charge in [-0.25, -0.2) is 0 Å². The van der Waals surface area contributed by atoms with E-state index in [1.54, 1.807) is 0 Å². The van der Waals surface area contributed by atoms with E-state index in [0.717, 1.165) is 12.1 Å². The monoisotopic (exact) mass is 362 g/mol. The Morgan fingerprint density at radius 2 is 1.43 bits per heavy atom. The van der Waals surface area contributed by atoms with Crippen LogP contribution in [-0.4, -0.2) is 26.5 Å². The number of alkyl halides is 6. The van der Waals surface area contributed by atoms with Gasteiger partial charge in [-0.05, 0) is 42.6 Å². The van der Waals surface area contributed by atoms with Gasteiger partial charge in [-0.2, -0.15) is 26.3 Å². The van der Waals surface area contributed by atoms with Crippen LogP contribution in [0.2, 0.25) is 6.04 Å². The van der Waals surface area contributed by atoms with Crippen LogP contribution in [0.3, 0.4) is 0 Å². The minimum Gasteiger partial charge on any atom is -0.379 e. The first-order chi connectivity index (χ1) is 10.5. The number of benzene rings is 1. The van der Waals surface area contributed by atoms with Gasteiger partial charge in [0, 0.05) is 0 Å². The van der Waals surface area contributed by atoms with E-state index in [1.807, 2.05) is 0 Å². The van der Waals surface area contributed by atoms with Gasteiger partial charge in [0.2, 0.25) is 0 Å². The van der Waals surface area contributed by atoms with E-state index < -0.39 is 39.7 Å². The summed E-state index contributed by atoms with van der Waals surface area (Å²) in [6.45, 7) is -1.83. The molecule has 0 amide bonds. The molecule has 2 N–H and O–H groups in total. The Bertz CT molecular complexity index is 469. The zero-order valence-electron chi connectivity index (χ0n) is 11.9. The molecule has 0 unspecified atom stereocenters. The van der Waals surface area contributed by atoms with Gasteiger partial charge < -0.3 is 14.6 Å². The van der Waals surface area contributed by atoms with E-state index in [-0.39, 0.29) is 18.1 Å². The molecule has 132 valence electrons. The summed E-state index contributed by atoms with van der Waals surface area (Å²) in [6.07, 6.45) is -8.70. The van der Waals surface area contributed by atoms with Gasteiger partial charge in [-0.3, -0.25) is 0 Å². The first-order valence-electron chi connectivity index (χ1n) is 6.76. The van der Waals surface area contributed by atoms with Crippen LogP contribution in [0.15, 0.2) is 18.2 Å². The second kappa shape index (κ2) is 8.13. The van der Waals surface area contributed by atoms with Crippen LogP contribution >= 0.6 is 0 Å². The van der Waals surface area contributed by atoms with Crippen molar-refractivity contribution in [2.24, 2.45) is 0 Å². The highest BCUT2D eigenvalue weighted by Crippen LogP contribution is 2.36. The molecule has 0 radical (unpaired) electrons. The zero-order valence-corrected chi connectivity index (χ0v) is 13.3. The van der Waals surface area contributed by atoms with Crippen LogP contribution in [0, 0.1) is 0 Å². The second-order valence-electron chi connectivity index (χ2n) is 4.92. The SMILES string of the molecule is OC(O)O[SiH2]CCCCc1cc(C(F)(F)F)cc(C(F)(F)F)c1. The molecule has 10 heteroatoms. The first-order valence-corrected chi connectivity index (χ1v) is 8.34. The maximum Gasteiger partial charge on any atom is 0.416 e. The number of hydrogen-bond acceptors (Lipinski definition) is 3. The molecule has 0 spiro atoms. The standard InChI is InChI=1S/C13H16F6O3Si/c14-12(15,16)9-5-8(6-10(7-9)13(17,18)19)3-1-2-4-23-22-11(20)21/h5-7,11,20-21H,1-4,23H2. The molecule has 1 rings (SSSR count). The van der Waals surface area contributed by atoms with Crippen molar-refractivity contribution in [3.8, 4) is 0 Å². The molecule has 0 saturated carbocycles. The van der Waals surface area contributed by atoms with E-state index in [2.05, 4.69) is 4.43 Å². The summed E-state index contributed by atoms with van der Waals surface area (Å²) in [7, 11) is -1.16. The molecule has 0 aromatic heterocycles. The average molecular weight is 362 g/mol. The minimum atomic E-state index is -4.84. The molecule has 23 heavy (non-hydrogen) atoms. The Balaban J connectivity index is 2.70. The summed E-state index contributed by atoms with van der Waals surface area (Å²) in [5.74, 6) is 0. The van der Waals surface area contributed by atoms with E-state index in [0.29, 0.717) is 18.9 Å². The van der Waals surface area contributed by atoms with E-state index in [4.69, 9.17) is 10.2 Å². The molecular formula is C13H16F6O3Si. The van der Waals surface area contributed by atoms with Crippen LogP contribution in [-0.2, 0) is 23.2 Å². The number of unbranched alkanes of at least 4 members (excludes halogenated alkanes) is 1. The number of halogens is 6. The van der Waals surface area contributed by atoms with Crippen LogP contribution < -0.4 is 0 Å². The van der Waals surface area contributed by atoms with E-state index >= 15 is 0 Å². The average Bonchev–Trinajstić information content (AvgIpc) is 2.40. The number of aliphatic hydroxyl groups excluding tert-OH is 1. The summed E-state index contributed by atoms with van der Waals surface area (Å²) in [5.41, 5.74) is -2.66. The van der Waals surface area contributed by atoms with Crippen molar-refractivity contribution in [1.82, 2.24) is 0 Å². The van der Waals surface area contributed by atoms with E-state index in [1.165, 1.54) is 0 Å². The maximum atomic E-state index is 12.7. The van der Waals surface area contributed by atoms with Crippen molar-refractivity contribution in [2.45, 2.75) is 44.1 Å². The van der Waals surface area contributed by atoms with Gasteiger partial charge in [-0.1, -0.05) is 6.42 Å². The summed E-state index contributed by atoms with van der Waals surface area (Å²) in [6, 6.07) is 2.09. The van der Waals surface area contributed by atoms with Crippen molar-refractivity contribution in [3.05, 3.63) is 34.9 Å². The van der Waals surface area contributed by atoms with Gasteiger partial charge in [0.05, 0.1) is 11.1 Å². The Morgan fingerprint density at radius 1 is 0.913 bits per heavy atom. The van der Waals surface area contributed by atoms with Crippen molar-refractivity contribution in [3.63, 3.8) is 0 Å². The zero-order chi connectivity index (χ0) is 17.7. The lowest BCUT2D eigenvalue weighted by Gasteiger charge is -2.14. The molecular weight excluding hydrogens is 346 g/mol. The third-order valence-electron chi connectivity index (χ3n) is 3.02. The van der Waals surface area contributed by atoms with Crippen LogP contribution in [0.25, 0.3) is 0 Å². The summed E-state index contributed by atoms with van der Waals surface area (Å²) in [5, 5.41) is 16.9. The molecule has 0 aliphatic heterocycles. The van der Waals surface area contributed by atoms with Crippen molar-refractivity contribution >= 4 is 9.76 Å². The fraction of sp³-hybridized carbons (Fsp3) is 0.538. The summed E-state index contributed by atoms with van der Waals surface area (Å²) < 4.78 is 80.6.